The summed E-state index contributed by atoms with van der Waals surface area (Å²) in [6, 6.07) is 12.0. The quantitative estimate of drug-likeness (QED) is 0.414. The number of nitrogens with one attached hydrogen (secondary N) is 3. The van der Waals surface area contributed by atoms with Crippen molar-refractivity contribution in [2.45, 2.75) is 19.9 Å². The molecule has 0 bridgehead atoms. The molecule has 9 heteroatoms. The van der Waals surface area contributed by atoms with Gasteiger partial charge in [0.1, 0.15) is 0 Å². The van der Waals surface area contributed by atoms with Crippen molar-refractivity contribution in [1.82, 2.24) is 10.6 Å². The molecule has 140 valence electrons. The zero-order valence-electron chi connectivity index (χ0n) is 14.7. The van der Waals surface area contributed by atoms with Crippen LogP contribution < -0.4 is 16.0 Å². The van der Waals surface area contributed by atoms with Gasteiger partial charge in [-0.05, 0) is 44.3 Å². The van der Waals surface area contributed by atoms with Crippen molar-refractivity contribution in [2.75, 3.05) is 5.32 Å². The van der Waals surface area contributed by atoms with E-state index in [1.165, 1.54) is 18.2 Å². The highest BCUT2D eigenvalue weighted by atomic mass is 32.1. The smallest absolute Gasteiger partial charge is 0.270 e. The van der Waals surface area contributed by atoms with Crippen molar-refractivity contribution < 1.29 is 14.5 Å². The normalized spacial score (nSPS) is 10.2. The molecule has 0 aliphatic heterocycles. The number of nitro benzene ring substituents is 1. The summed E-state index contributed by atoms with van der Waals surface area (Å²) in [5.41, 5.74) is 0.703. The van der Waals surface area contributed by atoms with E-state index in [0.717, 1.165) is 6.07 Å². The molecule has 0 fully saturated rings. The lowest BCUT2D eigenvalue weighted by Crippen LogP contribution is -2.35. The minimum absolute atomic E-state index is 0.0312. The monoisotopic (exact) mass is 386 g/mol. The van der Waals surface area contributed by atoms with Crippen LogP contribution in [0.25, 0.3) is 0 Å². The minimum Gasteiger partial charge on any atom is -0.350 e. The number of hydrogen-bond acceptors (Lipinski definition) is 5. The summed E-state index contributed by atoms with van der Waals surface area (Å²) in [6.45, 7) is 3.69. The van der Waals surface area contributed by atoms with Crippen molar-refractivity contribution in [3.8, 4) is 0 Å². The first-order valence-electron chi connectivity index (χ1n) is 8.04. The number of rotatable bonds is 5. The average Bonchev–Trinajstić information content (AvgIpc) is 2.61. The number of carbonyl (C=O) groups is 2. The van der Waals surface area contributed by atoms with E-state index < -0.39 is 10.8 Å². The highest BCUT2D eigenvalue weighted by Gasteiger charge is 2.15. The molecule has 0 aromatic heterocycles. The third-order valence-corrected chi connectivity index (χ3v) is 3.59. The fourth-order valence-corrected chi connectivity index (χ4v) is 2.42. The zero-order valence-corrected chi connectivity index (χ0v) is 15.5. The Balaban J connectivity index is 2.10. The lowest BCUT2D eigenvalue weighted by atomic mass is 10.1. The molecule has 0 saturated carbocycles. The molecule has 2 aromatic rings. The van der Waals surface area contributed by atoms with Gasteiger partial charge in [0.2, 0.25) is 0 Å². The van der Waals surface area contributed by atoms with Gasteiger partial charge in [0.25, 0.3) is 17.5 Å². The summed E-state index contributed by atoms with van der Waals surface area (Å²) in [5.74, 6) is -0.874. The summed E-state index contributed by atoms with van der Waals surface area (Å²) in [6.07, 6.45) is 0. The average molecular weight is 386 g/mol. The summed E-state index contributed by atoms with van der Waals surface area (Å²) in [4.78, 5) is 34.7. The maximum atomic E-state index is 12.3. The molecule has 3 N–H and O–H groups in total. The summed E-state index contributed by atoms with van der Waals surface area (Å²) < 4.78 is 0. The molecule has 0 radical (unpaired) electrons. The number of non-ortho nitro benzene ring substituents is 1. The molecule has 27 heavy (non-hydrogen) atoms. The Kier molecular flexibility index (Phi) is 6.56. The van der Waals surface area contributed by atoms with Gasteiger partial charge >= 0.3 is 0 Å². The second-order valence-corrected chi connectivity index (χ2v) is 6.30. The fourth-order valence-electron chi connectivity index (χ4n) is 2.22. The van der Waals surface area contributed by atoms with E-state index in [9.17, 15) is 19.7 Å². The lowest BCUT2D eigenvalue weighted by molar-refractivity contribution is -0.384. The maximum Gasteiger partial charge on any atom is 0.270 e. The molecule has 0 heterocycles. The predicted molar refractivity (Wildman–Crippen MR) is 106 cm³/mol. The number of anilines is 1. The van der Waals surface area contributed by atoms with Crippen LogP contribution in [0.3, 0.4) is 0 Å². The van der Waals surface area contributed by atoms with Crippen LogP contribution in [-0.2, 0) is 0 Å². The molecular weight excluding hydrogens is 368 g/mol. The van der Waals surface area contributed by atoms with Gasteiger partial charge in [-0.15, -0.1) is 0 Å². The third-order valence-electron chi connectivity index (χ3n) is 3.39. The summed E-state index contributed by atoms with van der Waals surface area (Å²) in [7, 11) is 0. The highest BCUT2D eigenvalue weighted by molar-refractivity contribution is 7.80. The Morgan fingerprint density at radius 1 is 1.07 bits per heavy atom. The van der Waals surface area contributed by atoms with E-state index in [0.29, 0.717) is 11.3 Å². The number of carbonyl (C=O) groups excluding carboxylic acids is 2. The Bertz CT molecular complexity index is 898. The number of benzene rings is 2. The van der Waals surface area contributed by atoms with Crippen LogP contribution in [0.1, 0.15) is 34.6 Å². The van der Waals surface area contributed by atoms with Crippen LogP contribution in [-0.4, -0.2) is 27.9 Å². The van der Waals surface area contributed by atoms with Crippen LogP contribution in [0.15, 0.2) is 48.5 Å². The van der Waals surface area contributed by atoms with Crippen LogP contribution in [0.2, 0.25) is 0 Å². The Labute approximate surface area is 161 Å². The Morgan fingerprint density at radius 3 is 2.44 bits per heavy atom. The molecule has 0 unspecified atom stereocenters. The van der Waals surface area contributed by atoms with Crippen LogP contribution >= 0.6 is 12.2 Å². The SMILES string of the molecule is CC(C)NC(=O)c1ccccc1NC(=S)NC(=O)c1cccc([N+](=O)[O-])c1. The largest absolute Gasteiger partial charge is 0.350 e. The van der Waals surface area contributed by atoms with Crippen LogP contribution in [0.4, 0.5) is 11.4 Å². The molecule has 0 aliphatic rings. The van der Waals surface area contributed by atoms with Crippen molar-refractivity contribution in [3.05, 3.63) is 69.8 Å². The molecular formula is C18H18N4O4S. The lowest BCUT2D eigenvalue weighted by Gasteiger charge is -2.14. The van der Waals surface area contributed by atoms with Gasteiger partial charge in [0.15, 0.2) is 5.11 Å². The van der Waals surface area contributed by atoms with Gasteiger partial charge in [-0.1, -0.05) is 18.2 Å². The summed E-state index contributed by atoms with van der Waals surface area (Å²) in [5, 5.41) is 18.8. The Hall–Kier alpha value is -3.33. The first-order valence-corrected chi connectivity index (χ1v) is 8.45. The van der Waals surface area contributed by atoms with Gasteiger partial charge in [0, 0.05) is 23.7 Å². The Morgan fingerprint density at radius 2 is 1.78 bits per heavy atom. The number of para-hydroxylation sites is 1. The molecule has 8 nitrogen and oxygen atoms in total. The van der Waals surface area contributed by atoms with Crippen molar-refractivity contribution in [1.29, 1.82) is 0 Å². The first-order chi connectivity index (χ1) is 12.8. The summed E-state index contributed by atoms with van der Waals surface area (Å²) >= 11 is 5.12. The minimum atomic E-state index is -0.597. The van der Waals surface area contributed by atoms with Crippen molar-refractivity contribution in [2.24, 2.45) is 0 Å². The zero-order chi connectivity index (χ0) is 20.0. The number of thiocarbonyl (C=S) groups is 1. The van der Waals surface area contributed by atoms with E-state index in [-0.39, 0.29) is 28.3 Å². The number of nitro groups is 1. The molecule has 2 aromatic carbocycles. The van der Waals surface area contributed by atoms with Crippen LogP contribution in [0.5, 0.6) is 0 Å². The predicted octanol–water partition coefficient (Wildman–Crippen LogP) is 2.86. The molecule has 2 rings (SSSR count). The van der Waals surface area contributed by atoms with Gasteiger partial charge in [0.05, 0.1) is 16.2 Å². The topological polar surface area (TPSA) is 113 Å². The number of amides is 2. The number of nitrogens with zero attached hydrogens (tertiary/aromatic N) is 1. The second kappa shape index (κ2) is 8.86. The van der Waals surface area contributed by atoms with Gasteiger partial charge < -0.3 is 10.6 Å². The molecule has 0 spiro atoms. The second-order valence-electron chi connectivity index (χ2n) is 5.89. The maximum absolute atomic E-state index is 12.3. The third kappa shape index (κ3) is 5.58. The van der Waals surface area contributed by atoms with Gasteiger partial charge in [-0.3, -0.25) is 25.0 Å². The first kappa shape index (κ1) is 20.0. The number of hydrogen-bond donors (Lipinski definition) is 3. The van der Waals surface area contributed by atoms with E-state index in [1.54, 1.807) is 24.3 Å². The van der Waals surface area contributed by atoms with Crippen molar-refractivity contribution in [3.63, 3.8) is 0 Å². The standard InChI is InChI=1S/C18H18N4O4S/c1-11(2)19-17(24)14-8-3-4-9-15(14)20-18(27)21-16(23)12-6-5-7-13(10-12)22(25)26/h3-11H,1-2H3,(H,19,24)(H2,20,21,23,27). The van der Waals surface area contributed by atoms with Crippen molar-refractivity contribution >= 4 is 40.5 Å². The van der Waals surface area contributed by atoms with E-state index in [1.807, 2.05) is 13.8 Å². The van der Waals surface area contributed by atoms with Gasteiger partial charge in [-0.2, -0.15) is 0 Å². The molecule has 0 atom stereocenters. The van der Waals surface area contributed by atoms with E-state index in [4.69, 9.17) is 12.2 Å². The highest BCUT2D eigenvalue weighted by Crippen LogP contribution is 2.16. The molecule has 2 amide bonds. The molecule has 0 saturated heterocycles. The molecule has 0 aliphatic carbocycles. The van der Waals surface area contributed by atoms with Crippen LogP contribution in [0, 0.1) is 10.1 Å². The fraction of sp³-hybridized carbons (Fsp3) is 0.167. The van der Waals surface area contributed by atoms with E-state index in [2.05, 4.69) is 16.0 Å². The van der Waals surface area contributed by atoms with E-state index >= 15 is 0 Å². The van der Waals surface area contributed by atoms with Gasteiger partial charge in [-0.25, -0.2) is 0 Å².